The van der Waals surface area contributed by atoms with Gasteiger partial charge in [0.1, 0.15) is 0 Å². The molecule has 0 aliphatic heterocycles. The van der Waals surface area contributed by atoms with E-state index in [9.17, 15) is 0 Å². The molecule has 0 amide bonds. The number of hydrogen-bond donors (Lipinski definition) is 3. The van der Waals surface area contributed by atoms with Gasteiger partial charge in [-0.1, -0.05) is 11.6 Å². The molecular weight excluding hydrogens is 461 g/mol. The zero-order valence-corrected chi connectivity index (χ0v) is 18.1. The molecule has 0 fully saturated rings. The summed E-state index contributed by atoms with van der Waals surface area (Å²) in [6.07, 6.45) is 7.07. The number of halogens is 2. The van der Waals surface area contributed by atoms with E-state index in [2.05, 4.69) is 46.0 Å². The zero-order valence-electron chi connectivity index (χ0n) is 15.1. The largest absolute Gasteiger partial charge is 0.361 e. The highest BCUT2D eigenvalue weighted by molar-refractivity contribution is 14.0. The first-order valence-electron chi connectivity index (χ1n) is 8.54. The summed E-state index contributed by atoms with van der Waals surface area (Å²) in [6.45, 7) is 4.38. The van der Waals surface area contributed by atoms with Crippen LogP contribution in [0.1, 0.15) is 18.1 Å². The Morgan fingerprint density at radius 1 is 1.27 bits per heavy atom. The van der Waals surface area contributed by atoms with Crippen molar-refractivity contribution in [3.05, 3.63) is 59.0 Å². The molecule has 26 heavy (non-hydrogen) atoms. The molecule has 0 atom stereocenters. The second-order valence-corrected chi connectivity index (χ2v) is 6.50. The van der Waals surface area contributed by atoms with Gasteiger partial charge in [0.25, 0.3) is 0 Å². The second-order valence-electron chi connectivity index (χ2n) is 6.06. The normalized spacial score (nSPS) is 11.4. The molecule has 0 saturated heterocycles. The first-order chi connectivity index (χ1) is 12.2. The van der Waals surface area contributed by atoms with E-state index in [1.54, 1.807) is 0 Å². The Labute approximate surface area is 176 Å². The van der Waals surface area contributed by atoms with Gasteiger partial charge in [0.15, 0.2) is 5.96 Å². The maximum absolute atomic E-state index is 6.11. The van der Waals surface area contributed by atoms with E-state index in [1.807, 2.05) is 36.0 Å². The minimum absolute atomic E-state index is 0. The molecule has 0 radical (unpaired) electrons. The fourth-order valence-corrected chi connectivity index (χ4v) is 3.01. The van der Waals surface area contributed by atoms with Crippen LogP contribution in [0.5, 0.6) is 0 Å². The number of hydrogen-bond acceptors (Lipinski definition) is 1. The van der Waals surface area contributed by atoms with Gasteiger partial charge in [0.05, 0.1) is 6.54 Å². The van der Waals surface area contributed by atoms with Gasteiger partial charge in [-0.05, 0) is 48.7 Å². The van der Waals surface area contributed by atoms with Crippen molar-refractivity contribution in [2.75, 3.05) is 13.1 Å². The Balaban J connectivity index is 0.00000243. The van der Waals surface area contributed by atoms with E-state index in [-0.39, 0.29) is 24.0 Å². The van der Waals surface area contributed by atoms with E-state index >= 15 is 0 Å². The van der Waals surface area contributed by atoms with Crippen molar-refractivity contribution in [3.63, 3.8) is 0 Å². The molecule has 140 valence electrons. The number of aromatic amines is 1. The predicted molar refractivity (Wildman–Crippen MR) is 121 cm³/mol. The molecule has 0 saturated carbocycles. The Kier molecular flexibility index (Phi) is 7.84. The average Bonchev–Trinajstić information content (AvgIpc) is 3.19. The Bertz CT molecular complexity index is 868. The smallest absolute Gasteiger partial charge is 0.191 e. The first kappa shape index (κ1) is 20.6. The number of nitrogens with zero attached hydrogens (tertiary/aromatic N) is 2. The van der Waals surface area contributed by atoms with Crippen LogP contribution >= 0.6 is 35.6 Å². The third kappa shape index (κ3) is 5.41. The molecule has 3 aromatic rings. The van der Waals surface area contributed by atoms with Crippen LogP contribution in [-0.2, 0) is 20.0 Å². The van der Waals surface area contributed by atoms with Crippen LogP contribution in [0.3, 0.4) is 0 Å². The number of guanidine groups is 1. The zero-order chi connectivity index (χ0) is 17.6. The van der Waals surface area contributed by atoms with E-state index in [1.165, 1.54) is 16.5 Å². The lowest BCUT2D eigenvalue weighted by Crippen LogP contribution is -2.38. The minimum Gasteiger partial charge on any atom is -0.361 e. The maximum Gasteiger partial charge on any atom is 0.191 e. The molecule has 0 spiro atoms. The van der Waals surface area contributed by atoms with Crippen molar-refractivity contribution < 1.29 is 0 Å². The summed E-state index contributed by atoms with van der Waals surface area (Å²) >= 11 is 6.11. The summed E-state index contributed by atoms with van der Waals surface area (Å²) in [7, 11) is 2.02. The van der Waals surface area contributed by atoms with Crippen LogP contribution in [-0.4, -0.2) is 28.6 Å². The first-order valence-corrected chi connectivity index (χ1v) is 8.92. The van der Waals surface area contributed by atoms with Crippen molar-refractivity contribution in [1.82, 2.24) is 20.2 Å². The van der Waals surface area contributed by atoms with Crippen molar-refractivity contribution in [2.45, 2.75) is 19.9 Å². The number of aromatic nitrogens is 2. The topological polar surface area (TPSA) is 57.1 Å². The van der Waals surface area contributed by atoms with Crippen LogP contribution < -0.4 is 10.6 Å². The summed E-state index contributed by atoms with van der Waals surface area (Å²) in [4.78, 5) is 7.94. The van der Waals surface area contributed by atoms with E-state index in [4.69, 9.17) is 11.6 Å². The van der Waals surface area contributed by atoms with Crippen LogP contribution in [0.15, 0.2) is 47.8 Å². The molecular formula is C19H25ClIN5. The van der Waals surface area contributed by atoms with Crippen LogP contribution in [0.2, 0.25) is 5.02 Å². The molecule has 1 aromatic carbocycles. The third-order valence-corrected chi connectivity index (χ3v) is 4.31. The molecule has 0 aliphatic carbocycles. The SMILES string of the molecule is CCNC(=NCc1ccn(C)c1)NCCc1c[nH]c2ccc(Cl)cc12.I. The van der Waals surface area contributed by atoms with Crippen LogP contribution in [0, 0.1) is 0 Å². The van der Waals surface area contributed by atoms with Crippen molar-refractivity contribution >= 4 is 52.4 Å². The van der Waals surface area contributed by atoms with Crippen LogP contribution in [0.4, 0.5) is 0 Å². The molecule has 2 heterocycles. The molecule has 5 nitrogen and oxygen atoms in total. The van der Waals surface area contributed by atoms with Crippen LogP contribution in [0.25, 0.3) is 10.9 Å². The van der Waals surface area contributed by atoms with Gasteiger partial charge >= 0.3 is 0 Å². The Morgan fingerprint density at radius 2 is 2.12 bits per heavy atom. The van der Waals surface area contributed by atoms with Gasteiger partial charge in [-0.15, -0.1) is 24.0 Å². The summed E-state index contributed by atoms with van der Waals surface area (Å²) in [5, 5.41) is 8.63. The standard InChI is InChI=1S/C19H24ClN5.HI/c1-3-21-19(24-11-14-7-9-25(2)13-14)22-8-6-15-12-23-18-5-4-16(20)10-17(15)18;/h4-5,7,9-10,12-13,23H,3,6,8,11H2,1-2H3,(H2,21,22,24);1H. The molecule has 0 bridgehead atoms. The minimum atomic E-state index is 0. The van der Waals surface area contributed by atoms with E-state index in [0.29, 0.717) is 6.54 Å². The average molecular weight is 486 g/mol. The number of nitrogens with one attached hydrogen (secondary N) is 3. The molecule has 0 aliphatic rings. The maximum atomic E-state index is 6.11. The molecule has 3 N–H and O–H groups in total. The van der Waals surface area contributed by atoms with E-state index < -0.39 is 0 Å². The van der Waals surface area contributed by atoms with Gasteiger partial charge in [-0.3, -0.25) is 0 Å². The summed E-state index contributed by atoms with van der Waals surface area (Å²) < 4.78 is 2.04. The fourth-order valence-electron chi connectivity index (χ4n) is 2.84. The molecule has 0 unspecified atom stereocenters. The van der Waals surface area contributed by atoms with Gasteiger partial charge in [-0.2, -0.15) is 0 Å². The third-order valence-electron chi connectivity index (χ3n) is 4.07. The number of aliphatic imine (C=N–C) groups is 1. The quantitative estimate of drug-likeness (QED) is 0.280. The summed E-state index contributed by atoms with van der Waals surface area (Å²) in [5.74, 6) is 0.837. The Morgan fingerprint density at radius 3 is 2.85 bits per heavy atom. The number of H-pyrrole nitrogens is 1. The van der Waals surface area contributed by atoms with Crippen molar-refractivity contribution in [3.8, 4) is 0 Å². The highest BCUT2D eigenvalue weighted by Gasteiger charge is 2.05. The molecule has 2 aromatic heterocycles. The lowest BCUT2D eigenvalue weighted by atomic mass is 10.1. The highest BCUT2D eigenvalue weighted by atomic mass is 127. The summed E-state index contributed by atoms with van der Waals surface area (Å²) in [5.41, 5.74) is 3.57. The molecule has 3 rings (SSSR count). The van der Waals surface area contributed by atoms with Gasteiger partial charge < -0.3 is 20.2 Å². The van der Waals surface area contributed by atoms with Crippen molar-refractivity contribution in [1.29, 1.82) is 0 Å². The second kappa shape index (κ2) is 9.87. The van der Waals surface area contributed by atoms with Gasteiger partial charge in [0.2, 0.25) is 0 Å². The highest BCUT2D eigenvalue weighted by Crippen LogP contribution is 2.22. The fraction of sp³-hybridized carbons (Fsp3) is 0.316. The number of fused-ring (bicyclic) bond motifs is 1. The van der Waals surface area contributed by atoms with Gasteiger partial charge in [-0.25, -0.2) is 4.99 Å². The number of rotatable bonds is 6. The van der Waals surface area contributed by atoms with E-state index in [0.717, 1.165) is 36.0 Å². The lowest BCUT2D eigenvalue weighted by molar-refractivity contribution is 0.801. The number of aryl methyl sites for hydroxylation is 1. The number of benzene rings is 1. The Hall–Kier alpha value is -1.67. The molecule has 7 heteroatoms. The monoisotopic (exact) mass is 485 g/mol. The lowest BCUT2D eigenvalue weighted by Gasteiger charge is -2.11. The van der Waals surface area contributed by atoms with Crippen molar-refractivity contribution in [2.24, 2.45) is 12.0 Å². The predicted octanol–water partition coefficient (Wildman–Crippen LogP) is 4.08. The van der Waals surface area contributed by atoms with Gasteiger partial charge in [0, 0.05) is 54.7 Å². The summed E-state index contributed by atoms with van der Waals surface area (Å²) in [6, 6.07) is 8.02.